The van der Waals surface area contributed by atoms with Gasteiger partial charge in [0.25, 0.3) is 0 Å². The minimum atomic E-state index is 0.204. The fraction of sp³-hybridized carbons (Fsp3) is 0.304. The Hall–Kier alpha value is -2.41. The van der Waals surface area contributed by atoms with Crippen molar-refractivity contribution in [2.75, 3.05) is 20.2 Å². The number of fused-ring (bicyclic) bond motifs is 3. The van der Waals surface area contributed by atoms with Gasteiger partial charge in [-0.05, 0) is 61.3 Å². The summed E-state index contributed by atoms with van der Waals surface area (Å²) < 4.78 is 5.78. The van der Waals surface area contributed by atoms with E-state index in [-0.39, 0.29) is 6.04 Å². The van der Waals surface area contributed by atoms with Crippen LogP contribution in [-0.2, 0) is 6.42 Å². The number of ether oxygens (including phenoxy) is 1. The fourth-order valence-corrected chi connectivity index (χ4v) is 4.08. The first kappa shape index (κ1) is 18.0. The first-order valence-corrected chi connectivity index (χ1v) is 9.71. The molecule has 3 aromatic rings. The normalized spacial score (nSPS) is 16.9. The highest BCUT2D eigenvalue weighted by Crippen LogP contribution is 2.38. The smallest absolute Gasteiger partial charge is 0.119 e. The Kier molecular flexibility index (Phi) is 5.11. The van der Waals surface area contributed by atoms with E-state index in [1.54, 1.807) is 0 Å². The standard InChI is InChI=1S/C23H23ClN2O/c1-3-4-5-14-27-18-9-6-16(7-10-18)23-22-19(12-13-26(23)2)20-15-17(24)8-11-21(20)25-22/h1,6-11,15,23,25H,4-5,12-14H2,2H3. The van der Waals surface area contributed by atoms with Crippen LogP contribution in [0.1, 0.15) is 35.7 Å². The number of benzene rings is 2. The summed E-state index contributed by atoms with van der Waals surface area (Å²) in [6, 6.07) is 14.7. The maximum atomic E-state index is 6.23. The summed E-state index contributed by atoms with van der Waals surface area (Å²) in [5, 5.41) is 2.02. The molecule has 4 heteroatoms. The summed E-state index contributed by atoms with van der Waals surface area (Å²) in [6.07, 6.45) is 7.93. The van der Waals surface area contributed by atoms with Gasteiger partial charge in [0.05, 0.1) is 12.6 Å². The molecule has 2 heterocycles. The number of rotatable bonds is 5. The Morgan fingerprint density at radius 3 is 2.85 bits per heavy atom. The molecule has 0 saturated heterocycles. The second kappa shape index (κ2) is 7.68. The van der Waals surface area contributed by atoms with E-state index in [2.05, 4.69) is 47.1 Å². The average Bonchev–Trinajstić information content (AvgIpc) is 3.03. The second-order valence-electron chi connectivity index (χ2n) is 7.07. The van der Waals surface area contributed by atoms with E-state index in [0.29, 0.717) is 6.61 Å². The van der Waals surface area contributed by atoms with Crippen molar-refractivity contribution in [3.63, 3.8) is 0 Å². The predicted molar refractivity (Wildman–Crippen MR) is 111 cm³/mol. The van der Waals surface area contributed by atoms with Gasteiger partial charge in [-0.1, -0.05) is 23.7 Å². The Balaban J connectivity index is 1.62. The van der Waals surface area contributed by atoms with Gasteiger partial charge >= 0.3 is 0 Å². The minimum Gasteiger partial charge on any atom is -0.494 e. The molecule has 1 aliphatic rings. The van der Waals surface area contributed by atoms with Crippen molar-refractivity contribution in [3.05, 3.63) is 64.3 Å². The number of halogens is 1. The van der Waals surface area contributed by atoms with Crippen LogP contribution in [0.15, 0.2) is 42.5 Å². The predicted octanol–water partition coefficient (Wildman–Crippen LogP) is 5.19. The van der Waals surface area contributed by atoms with Crippen molar-refractivity contribution in [2.45, 2.75) is 25.3 Å². The number of hydrogen-bond donors (Lipinski definition) is 1. The molecule has 1 aliphatic heterocycles. The molecule has 0 aliphatic carbocycles. The number of unbranched alkanes of at least 4 members (excludes halogenated alkanes) is 1. The van der Waals surface area contributed by atoms with Crippen LogP contribution in [0.4, 0.5) is 0 Å². The van der Waals surface area contributed by atoms with Crippen LogP contribution in [-0.4, -0.2) is 30.1 Å². The van der Waals surface area contributed by atoms with E-state index in [9.17, 15) is 0 Å². The molecule has 2 aromatic carbocycles. The number of hydrogen-bond acceptors (Lipinski definition) is 2. The molecule has 0 amide bonds. The molecule has 4 rings (SSSR count). The second-order valence-corrected chi connectivity index (χ2v) is 7.50. The highest BCUT2D eigenvalue weighted by molar-refractivity contribution is 6.31. The van der Waals surface area contributed by atoms with Gasteiger partial charge < -0.3 is 9.72 Å². The summed E-state index contributed by atoms with van der Waals surface area (Å²) in [6.45, 7) is 1.67. The van der Waals surface area contributed by atoms with Gasteiger partial charge in [0.15, 0.2) is 0 Å². The zero-order valence-electron chi connectivity index (χ0n) is 15.5. The average molecular weight is 379 g/mol. The molecule has 0 spiro atoms. The van der Waals surface area contributed by atoms with Crippen LogP contribution in [0.3, 0.4) is 0 Å². The number of aromatic nitrogens is 1. The molecule has 0 bridgehead atoms. The first-order valence-electron chi connectivity index (χ1n) is 9.34. The van der Waals surface area contributed by atoms with Gasteiger partial charge in [0.1, 0.15) is 5.75 Å². The lowest BCUT2D eigenvalue weighted by atomic mass is 9.93. The van der Waals surface area contributed by atoms with Crippen LogP contribution in [0, 0.1) is 12.3 Å². The Bertz CT molecular complexity index is 984. The zero-order chi connectivity index (χ0) is 18.8. The summed E-state index contributed by atoms with van der Waals surface area (Å²) in [4.78, 5) is 6.03. The molecule has 1 N–H and O–H groups in total. The number of terminal acetylenes is 1. The molecule has 0 fully saturated rings. The van der Waals surface area contributed by atoms with E-state index >= 15 is 0 Å². The fourth-order valence-electron chi connectivity index (χ4n) is 3.91. The third kappa shape index (κ3) is 3.56. The van der Waals surface area contributed by atoms with Crippen LogP contribution in [0.2, 0.25) is 5.02 Å². The lowest BCUT2D eigenvalue weighted by molar-refractivity contribution is 0.261. The minimum absolute atomic E-state index is 0.204. The maximum Gasteiger partial charge on any atom is 0.119 e. The SMILES string of the molecule is C#CCCCOc1ccc(C2c3[nH]c4ccc(Cl)cc4c3CCN2C)cc1. The number of nitrogens with zero attached hydrogens (tertiary/aromatic N) is 1. The molecule has 27 heavy (non-hydrogen) atoms. The molecule has 1 atom stereocenters. The van der Waals surface area contributed by atoms with Crippen molar-refractivity contribution in [2.24, 2.45) is 0 Å². The molecule has 1 unspecified atom stereocenters. The zero-order valence-corrected chi connectivity index (χ0v) is 16.2. The van der Waals surface area contributed by atoms with Crippen LogP contribution >= 0.6 is 11.6 Å². The molecule has 3 nitrogen and oxygen atoms in total. The lowest BCUT2D eigenvalue weighted by Crippen LogP contribution is -2.32. The van der Waals surface area contributed by atoms with Gasteiger partial charge in [-0.2, -0.15) is 0 Å². The van der Waals surface area contributed by atoms with Gasteiger partial charge in [-0.3, -0.25) is 4.90 Å². The third-order valence-electron chi connectivity index (χ3n) is 5.26. The highest BCUT2D eigenvalue weighted by atomic mass is 35.5. The third-order valence-corrected chi connectivity index (χ3v) is 5.50. The van der Waals surface area contributed by atoms with Gasteiger partial charge in [0, 0.05) is 34.6 Å². The van der Waals surface area contributed by atoms with E-state index in [4.69, 9.17) is 22.8 Å². The van der Waals surface area contributed by atoms with Crippen molar-refractivity contribution in [1.29, 1.82) is 0 Å². The molecule has 0 radical (unpaired) electrons. The van der Waals surface area contributed by atoms with Crippen molar-refractivity contribution >= 4 is 22.5 Å². The summed E-state index contributed by atoms with van der Waals surface area (Å²) >= 11 is 6.23. The van der Waals surface area contributed by atoms with Gasteiger partial charge in [0.2, 0.25) is 0 Å². The number of H-pyrrole nitrogens is 1. The Labute approximate surface area is 165 Å². The summed E-state index contributed by atoms with van der Waals surface area (Å²) in [5.41, 5.74) is 5.05. The van der Waals surface area contributed by atoms with Crippen molar-refractivity contribution < 1.29 is 4.74 Å². The molecule has 1 aromatic heterocycles. The van der Waals surface area contributed by atoms with E-state index in [1.165, 1.54) is 22.2 Å². The van der Waals surface area contributed by atoms with Crippen LogP contribution in [0.5, 0.6) is 5.75 Å². The van der Waals surface area contributed by atoms with Crippen LogP contribution in [0.25, 0.3) is 10.9 Å². The number of aromatic amines is 1. The van der Waals surface area contributed by atoms with Crippen molar-refractivity contribution in [1.82, 2.24) is 9.88 Å². The monoisotopic (exact) mass is 378 g/mol. The van der Waals surface area contributed by atoms with E-state index in [0.717, 1.165) is 42.1 Å². The molecule has 0 saturated carbocycles. The Morgan fingerprint density at radius 2 is 2.07 bits per heavy atom. The number of likely N-dealkylation sites (N-methyl/N-ethyl adjacent to an activating group) is 1. The quantitative estimate of drug-likeness (QED) is 0.488. The summed E-state index contributed by atoms with van der Waals surface area (Å²) in [5.74, 6) is 3.52. The largest absolute Gasteiger partial charge is 0.494 e. The molecular weight excluding hydrogens is 356 g/mol. The topological polar surface area (TPSA) is 28.3 Å². The van der Waals surface area contributed by atoms with Crippen LogP contribution < -0.4 is 4.74 Å². The molecular formula is C23H23ClN2O. The highest BCUT2D eigenvalue weighted by Gasteiger charge is 2.29. The summed E-state index contributed by atoms with van der Waals surface area (Å²) in [7, 11) is 2.18. The molecule has 138 valence electrons. The van der Waals surface area contributed by atoms with E-state index < -0.39 is 0 Å². The number of nitrogens with one attached hydrogen (secondary N) is 1. The van der Waals surface area contributed by atoms with Gasteiger partial charge in [-0.25, -0.2) is 0 Å². The lowest BCUT2D eigenvalue weighted by Gasteiger charge is -2.33. The first-order chi connectivity index (χ1) is 13.2. The Morgan fingerprint density at radius 1 is 1.26 bits per heavy atom. The maximum absolute atomic E-state index is 6.23. The van der Waals surface area contributed by atoms with Gasteiger partial charge in [-0.15, -0.1) is 12.3 Å². The van der Waals surface area contributed by atoms with E-state index in [1.807, 2.05) is 18.2 Å². The van der Waals surface area contributed by atoms with Crippen molar-refractivity contribution in [3.8, 4) is 18.1 Å².